The van der Waals surface area contributed by atoms with Crippen LogP contribution in [-0.2, 0) is 11.3 Å². The molecule has 7 nitrogen and oxygen atoms in total. The van der Waals surface area contributed by atoms with Crippen LogP contribution >= 0.6 is 0 Å². The summed E-state index contributed by atoms with van der Waals surface area (Å²) in [6, 6.07) is 3.43. The van der Waals surface area contributed by atoms with Crippen LogP contribution in [0.4, 0.5) is 18.9 Å². The van der Waals surface area contributed by atoms with Crippen molar-refractivity contribution < 1.29 is 27.6 Å². The van der Waals surface area contributed by atoms with Crippen molar-refractivity contribution in [3.63, 3.8) is 0 Å². The van der Waals surface area contributed by atoms with E-state index in [9.17, 15) is 28.1 Å². The van der Waals surface area contributed by atoms with Crippen LogP contribution in [0.5, 0.6) is 0 Å². The van der Waals surface area contributed by atoms with Crippen LogP contribution in [0.2, 0.25) is 0 Å². The average Bonchev–Trinajstić information content (AvgIpc) is 2.43. The number of carbonyl (C=O) groups is 1. The van der Waals surface area contributed by atoms with Crippen molar-refractivity contribution in [3.05, 3.63) is 39.4 Å². The minimum absolute atomic E-state index is 0.0449. The molecule has 0 aliphatic rings. The van der Waals surface area contributed by atoms with E-state index in [0.29, 0.717) is 0 Å². The van der Waals surface area contributed by atoms with Gasteiger partial charge in [-0.2, -0.15) is 13.2 Å². The Morgan fingerprint density at radius 2 is 2.09 bits per heavy atom. The van der Waals surface area contributed by atoms with Crippen molar-refractivity contribution in [1.29, 1.82) is 0 Å². The second-order valence-electron chi connectivity index (χ2n) is 4.78. The topological polar surface area (TPSA) is 98.7 Å². The molecule has 0 aliphatic carbocycles. The minimum atomic E-state index is -4.45. The molecule has 0 spiro atoms. The van der Waals surface area contributed by atoms with Crippen LogP contribution in [0.25, 0.3) is 0 Å². The fraction of sp³-hybridized carbons (Fsp3) is 0.462. The van der Waals surface area contributed by atoms with Gasteiger partial charge >= 0.3 is 6.18 Å². The van der Waals surface area contributed by atoms with Gasteiger partial charge in [0, 0.05) is 37.4 Å². The van der Waals surface area contributed by atoms with E-state index in [1.165, 1.54) is 19.2 Å². The number of benzene rings is 1. The average molecular weight is 335 g/mol. The van der Waals surface area contributed by atoms with Gasteiger partial charge in [0.1, 0.15) is 0 Å². The van der Waals surface area contributed by atoms with E-state index < -0.39 is 29.2 Å². The molecule has 0 saturated heterocycles. The molecule has 0 heterocycles. The van der Waals surface area contributed by atoms with E-state index in [0.717, 1.165) is 11.0 Å². The molecule has 0 saturated carbocycles. The van der Waals surface area contributed by atoms with Crippen molar-refractivity contribution in [2.45, 2.75) is 12.7 Å². The number of carbonyl (C=O) groups excluding carboxylic acids is 1. The molecule has 0 atom stereocenters. The molecule has 0 aromatic heterocycles. The third-order valence-electron chi connectivity index (χ3n) is 2.97. The molecule has 1 aromatic carbocycles. The van der Waals surface area contributed by atoms with Crippen LogP contribution in [0.3, 0.4) is 0 Å². The number of alkyl halides is 3. The highest BCUT2D eigenvalue weighted by molar-refractivity contribution is 5.93. The Morgan fingerprint density at radius 1 is 1.43 bits per heavy atom. The lowest BCUT2D eigenvalue weighted by Gasteiger charge is -2.23. The van der Waals surface area contributed by atoms with Gasteiger partial charge in [-0.15, -0.1) is 0 Å². The molecule has 23 heavy (non-hydrogen) atoms. The molecular formula is C13H16F3N3O4. The van der Waals surface area contributed by atoms with Crippen LogP contribution in [-0.4, -0.2) is 48.7 Å². The summed E-state index contributed by atoms with van der Waals surface area (Å²) in [6.45, 7) is -1.54. The molecule has 2 N–H and O–H groups in total. The number of nitro groups is 1. The summed E-state index contributed by atoms with van der Waals surface area (Å²) < 4.78 is 42.5. The number of rotatable bonds is 8. The molecule has 1 aromatic rings. The number of methoxy groups -OCH3 is 1. The van der Waals surface area contributed by atoms with Gasteiger partial charge in [-0.1, -0.05) is 6.07 Å². The summed E-state index contributed by atoms with van der Waals surface area (Å²) in [6.07, 6.45) is -4.45. The lowest BCUT2D eigenvalue weighted by Crippen LogP contribution is -2.36. The Morgan fingerprint density at radius 3 is 2.57 bits per heavy atom. The first-order valence-corrected chi connectivity index (χ1v) is 6.49. The number of halogens is 3. The second-order valence-corrected chi connectivity index (χ2v) is 4.78. The van der Waals surface area contributed by atoms with Gasteiger partial charge < -0.3 is 10.5 Å². The minimum Gasteiger partial charge on any atom is -0.383 e. The fourth-order valence-corrected chi connectivity index (χ4v) is 1.95. The molecule has 1 amide bonds. The van der Waals surface area contributed by atoms with Gasteiger partial charge in [-0.05, 0) is 6.07 Å². The number of nitrogens with two attached hydrogens (primary N) is 1. The maximum absolute atomic E-state index is 12.6. The summed E-state index contributed by atoms with van der Waals surface area (Å²) >= 11 is 0. The predicted octanol–water partition coefficient (Wildman–Crippen LogP) is 1.70. The Balaban J connectivity index is 3.06. The maximum atomic E-state index is 12.6. The van der Waals surface area contributed by atoms with Gasteiger partial charge in [-0.3, -0.25) is 19.8 Å². The monoisotopic (exact) mass is 335 g/mol. The highest BCUT2D eigenvalue weighted by Gasteiger charge is 2.31. The number of primary amides is 1. The highest BCUT2D eigenvalue weighted by atomic mass is 19.4. The standard InChI is InChI=1S/C13H16F3N3O4/c1-23-5-4-18(8-13(14,15)16)7-10-3-2-9(12(17)20)6-11(10)19(21)22/h2-3,6H,4-5,7-8H2,1H3,(H2,17,20). The lowest BCUT2D eigenvalue weighted by atomic mass is 10.1. The van der Waals surface area contributed by atoms with Crippen molar-refractivity contribution >= 4 is 11.6 Å². The number of nitrogens with zero attached hydrogens (tertiary/aromatic N) is 2. The van der Waals surface area contributed by atoms with E-state index in [-0.39, 0.29) is 30.8 Å². The Labute approximate surface area is 130 Å². The van der Waals surface area contributed by atoms with E-state index in [1.807, 2.05) is 0 Å². The zero-order valence-corrected chi connectivity index (χ0v) is 12.3. The molecule has 0 aliphatic heterocycles. The van der Waals surface area contributed by atoms with Gasteiger partial charge in [0.2, 0.25) is 5.91 Å². The Hall–Kier alpha value is -2.20. The smallest absolute Gasteiger partial charge is 0.383 e. The first kappa shape index (κ1) is 18.8. The van der Waals surface area contributed by atoms with Crippen LogP contribution in [0.15, 0.2) is 18.2 Å². The SMILES string of the molecule is COCCN(Cc1ccc(C(N)=O)cc1[N+](=O)[O-])CC(F)(F)F. The van der Waals surface area contributed by atoms with Crippen molar-refractivity contribution in [2.75, 3.05) is 26.8 Å². The molecule has 0 fully saturated rings. The van der Waals surface area contributed by atoms with E-state index in [2.05, 4.69) is 0 Å². The van der Waals surface area contributed by atoms with Crippen molar-refractivity contribution in [3.8, 4) is 0 Å². The molecule has 10 heteroatoms. The number of amides is 1. The Kier molecular flexibility index (Phi) is 6.46. The summed E-state index contributed by atoms with van der Waals surface area (Å²) in [5.74, 6) is -0.855. The summed E-state index contributed by atoms with van der Waals surface area (Å²) in [7, 11) is 1.34. The van der Waals surface area contributed by atoms with Crippen LogP contribution < -0.4 is 5.73 Å². The van der Waals surface area contributed by atoms with Crippen molar-refractivity contribution in [2.24, 2.45) is 5.73 Å². The van der Waals surface area contributed by atoms with Gasteiger partial charge in [0.25, 0.3) is 5.69 Å². The molecular weight excluding hydrogens is 319 g/mol. The van der Waals surface area contributed by atoms with Gasteiger partial charge in [0.05, 0.1) is 18.1 Å². The summed E-state index contributed by atoms with van der Waals surface area (Å²) in [5, 5.41) is 11.1. The third kappa shape index (κ3) is 6.20. The third-order valence-corrected chi connectivity index (χ3v) is 2.97. The summed E-state index contributed by atoms with van der Waals surface area (Å²) in [5.41, 5.74) is 4.57. The largest absolute Gasteiger partial charge is 0.401 e. The van der Waals surface area contributed by atoms with Crippen molar-refractivity contribution in [1.82, 2.24) is 4.90 Å². The summed E-state index contributed by atoms with van der Waals surface area (Å²) in [4.78, 5) is 22.3. The zero-order valence-electron chi connectivity index (χ0n) is 12.3. The van der Waals surface area contributed by atoms with Crippen LogP contribution in [0.1, 0.15) is 15.9 Å². The van der Waals surface area contributed by atoms with E-state index in [4.69, 9.17) is 10.5 Å². The lowest BCUT2D eigenvalue weighted by molar-refractivity contribution is -0.385. The second kappa shape index (κ2) is 7.88. The quantitative estimate of drug-likeness (QED) is 0.576. The number of hydrogen-bond acceptors (Lipinski definition) is 5. The molecule has 128 valence electrons. The molecule has 0 unspecified atom stereocenters. The van der Waals surface area contributed by atoms with E-state index in [1.54, 1.807) is 0 Å². The van der Waals surface area contributed by atoms with Crippen LogP contribution in [0, 0.1) is 10.1 Å². The number of hydrogen-bond donors (Lipinski definition) is 1. The molecule has 0 bridgehead atoms. The normalized spacial score (nSPS) is 11.7. The predicted molar refractivity (Wildman–Crippen MR) is 74.8 cm³/mol. The van der Waals surface area contributed by atoms with Gasteiger partial charge in [-0.25, -0.2) is 0 Å². The maximum Gasteiger partial charge on any atom is 0.401 e. The fourth-order valence-electron chi connectivity index (χ4n) is 1.95. The molecule has 0 radical (unpaired) electrons. The van der Waals surface area contributed by atoms with Gasteiger partial charge in [0.15, 0.2) is 0 Å². The number of ether oxygens (including phenoxy) is 1. The number of nitro benzene ring substituents is 1. The highest BCUT2D eigenvalue weighted by Crippen LogP contribution is 2.24. The van der Waals surface area contributed by atoms with E-state index >= 15 is 0 Å². The first-order valence-electron chi connectivity index (χ1n) is 6.49. The Bertz CT molecular complexity index is 578. The zero-order chi connectivity index (χ0) is 17.6. The first-order chi connectivity index (χ1) is 10.6. The molecule has 1 rings (SSSR count).